The molecular weight excluding hydrogens is 477 g/mol. The number of alkyl halides is 4. The van der Waals surface area contributed by atoms with E-state index in [0.29, 0.717) is 12.2 Å². The highest BCUT2D eigenvalue weighted by molar-refractivity contribution is 6.19. The molecule has 1 atom stereocenters. The number of aromatic carboxylic acids is 1. The predicted molar refractivity (Wildman–Crippen MR) is 119 cm³/mol. The number of nitrogens with one attached hydrogen (secondary N) is 1. The van der Waals surface area contributed by atoms with Gasteiger partial charge in [-0.05, 0) is 29.7 Å². The first-order valence-corrected chi connectivity index (χ1v) is 10.8. The fourth-order valence-electron chi connectivity index (χ4n) is 4.38. The Morgan fingerprint density at radius 3 is 2.50 bits per heavy atom. The molecule has 4 rings (SSSR count). The number of halogens is 4. The minimum absolute atomic E-state index is 0.0548. The quantitative estimate of drug-likeness (QED) is 0.421. The molecule has 0 bridgehead atoms. The van der Waals surface area contributed by atoms with Crippen molar-refractivity contribution >= 4 is 40.1 Å². The number of aromatic amines is 1. The van der Waals surface area contributed by atoms with Gasteiger partial charge in [0.1, 0.15) is 17.2 Å². The fourth-order valence-corrected chi connectivity index (χ4v) is 4.63. The third-order valence-corrected chi connectivity index (χ3v) is 6.32. The number of phenols is 1. The lowest BCUT2D eigenvalue weighted by Gasteiger charge is -2.18. The maximum atomic E-state index is 13.5. The normalized spacial score (nSPS) is 15.6. The zero-order chi connectivity index (χ0) is 24.8. The van der Waals surface area contributed by atoms with Gasteiger partial charge in [0.15, 0.2) is 0 Å². The number of H-pyrrole nitrogens is 1. The van der Waals surface area contributed by atoms with Crippen LogP contribution < -0.4 is 9.64 Å². The zero-order valence-corrected chi connectivity index (χ0v) is 18.6. The number of aromatic nitrogens is 1. The Kier molecular flexibility index (Phi) is 6.11. The summed E-state index contributed by atoms with van der Waals surface area (Å²) in [6.07, 6.45) is -4.50. The maximum absolute atomic E-state index is 13.5. The Hall–Kier alpha value is -3.40. The molecule has 3 N–H and O–H groups in total. The van der Waals surface area contributed by atoms with Crippen LogP contribution >= 0.6 is 11.6 Å². The molecule has 0 saturated heterocycles. The second-order valence-electron chi connectivity index (χ2n) is 7.96. The van der Waals surface area contributed by atoms with Crippen LogP contribution in [0.2, 0.25) is 0 Å². The largest absolute Gasteiger partial charge is 0.506 e. The molecule has 0 fully saturated rings. The summed E-state index contributed by atoms with van der Waals surface area (Å²) in [4.78, 5) is 28.3. The van der Waals surface area contributed by atoms with E-state index in [1.165, 1.54) is 11.0 Å². The van der Waals surface area contributed by atoms with E-state index in [0.717, 1.165) is 5.56 Å². The molecule has 1 aliphatic rings. The van der Waals surface area contributed by atoms with Gasteiger partial charge in [0, 0.05) is 36.2 Å². The number of phenolic OH excluding ortho intramolecular Hbond substituents is 1. The number of amides is 1. The topological polar surface area (TPSA) is 103 Å². The average Bonchev–Trinajstić information content (AvgIpc) is 3.37. The van der Waals surface area contributed by atoms with E-state index in [9.17, 15) is 33.0 Å². The van der Waals surface area contributed by atoms with Gasteiger partial charge in [-0.1, -0.05) is 12.1 Å². The van der Waals surface area contributed by atoms with E-state index in [4.69, 9.17) is 16.3 Å². The Bertz CT molecular complexity index is 1270. The molecule has 2 aromatic carbocycles. The van der Waals surface area contributed by atoms with Crippen LogP contribution in [0, 0.1) is 0 Å². The number of aryl methyl sites for hydroxylation is 1. The number of methoxy groups -OCH3 is 1. The second-order valence-corrected chi connectivity index (χ2v) is 8.27. The molecule has 7 nitrogen and oxygen atoms in total. The number of ether oxygens (including phenoxy) is 1. The first-order chi connectivity index (χ1) is 16.1. The van der Waals surface area contributed by atoms with Gasteiger partial charge in [-0.15, -0.1) is 11.6 Å². The summed E-state index contributed by atoms with van der Waals surface area (Å²) < 4.78 is 45.8. The molecule has 34 heavy (non-hydrogen) atoms. The number of nitrogens with zero attached hydrogens (tertiary/aromatic N) is 1. The summed E-state index contributed by atoms with van der Waals surface area (Å²) in [5.41, 5.74) is -1.59. The van der Waals surface area contributed by atoms with Crippen molar-refractivity contribution in [3.63, 3.8) is 0 Å². The van der Waals surface area contributed by atoms with Gasteiger partial charge in [0.2, 0.25) is 5.91 Å². The lowest BCUT2D eigenvalue weighted by atomic mass is 9.95. The van der Waals surface area contributed by atoms with Crippen LogP contribution in [0.4, 0.5) is 18.9 Å². The Morgan fingerprint density at radius 1 is 1.26 bits per heavy atom. The highest BCUT2D eigenvalue weighted by Gasteiger charge is 2.43. The number of carboxylic acid groups (broad SMARTS) is 1. The number of carboxylic acids is 1. The van der Waals surface area contributed by atoms with Crippen molar-refractivity contribution in [3.05, 3.63) is 52.7 Å². The molecule has 0 radical (unpaired) electrons. The minimum atomic E-state index is -4.99. The van der Waals surface area contributed by atoms with Crippen LogP contribution in [0.3, 0.4) is 0 Å². The van der Waals surface area contributed by atoms with Crippen molar-refractivity contribution in [1.29, 1.82) is 0 Å². The summed E-state index contributed by atoms with van der Waals surface area (Å²) in [7, 11) is 1.54. The van der Waals surface area contributed by atoms with Gasteiger partial charge in [-0.3, -0.25) is 4.79 Å². The predicted octanol–water partition coefficient (Wildman–Crippen LogP) is 4.90. The third kappa shape index (κ3) is 4.02. The summed E-state index contributed by atoms with van der Waals surface area (Å²) in [6, 6.07) is 8.34. The van der Waals surface area contributed by atoms with Crippen LogP contribution in [-0.2, 0) is 17.4 Å². The number of anilines is 1. The van der Waals surface area contributed by atoms with Gasteiger partial charge in [0.25, 0.3) is 0 Å². The van der Waals surface area contributed by atoms with Gasteiger partial charge in [-0.2, -0.15) is 13.2 Å². The molecule has 2 heterocycles. The van der Waals surface area contributed by atoms with Crippen LogP contribution in [0.25, 0.3) is 10.9 Å². The molecule has 1 aliphatic heterocycles. The van der Waals surface area contributed by atoms with Crippen molar-refractivity contribution in [2.24, 2.45) is 0 Å². The lowest BCUT2D eigenvalue weighted by Crippen LogP contribution is -2.30. The molecule has 3 aromatic rings. The van der Waals surface area contributed by atoms with Gasteiger partial charge in [-0.25, -0.2) is 4.79 Å². The SMILES string of the molecule is COc1ccc(CCC(=O)N2C[C@@H](CCl)c3c2cc(O)c2[nH]c(C(F)(F)F)c(C(=O)O)c32)cc1. The number of carbonyl (C=O) groups is 2. The van der Waals surface area contributed by atoms with E-state index >= 15 is 0 Å². The average molecular weight is 497 g/mol. The molecule has 1 aromatic heterocycles. The van der Waals surface area contributed by atoms with Gasteiger partial charge < -0.3 is 24.8 Å². The molecule has 1 amide bonds. The van der Waals surface area contributed by atoms with E-state index in [2.05, 4.69) is 0 Å². The van der Waals surface area contributed by atoms with Crippen LogP contribution in [0.15, 0.2) is 30.3 Å². The van der Waals surface area contributed by atoms with Crippen LogP contribution in [0.5, 0.6) is 11.5 Å². The minimum Gasteiger partial charge on any atom is -0.506 e. The Morgan fingerprint density at radius 2 is 1.94 bits per heavy atom. The summed E-state index contributed by atoms with van der Waals surface area (Å²) >= 11 is 6.08. The highest BCUT2D eigenvalue weighted by Crippen LogP contribution is 2.49. The molecule has 0 spiro atoms. The van der Waals surface area contributed by atoms with Crippen LogP contribution in [-0.4, -0.2) is 46.6 Å². The molecule has 0 aliphatic carbocycles. The van der Waals surface area contributed by atoms with Crippen molar-refractivity contribution < 1.29 is 37.7 Å². The number of carbonyl (C=O) groups excluding carboxylic acids is 1. The Balaban J connectivity index is 1.76. The molecule has 11 heteroatoms. The van der Waals surface area contributed by atoms with Crippen molar-refractivity contribution in [2.45, 2.75) is 24.9 Å². The van der Waals surface area contributed by atoms with Crippen molar-refractivity contribution in [3.8, 4) is 11.5 Å². The summed E-state index contributed by atoms with van der Waals surface area (Å²) in [6.45, 7) is 0.0599. The van der Waals surface area contributed by atoms with Gasteiger partial charge >= 0.3 is 12.1 Å². The number of hydrogen-bond acceptors (Lipinski definition) is 4. The van der Waals surface area contributed by atoms with E-state index in [1.807, 2.05) is 17.1 Å². The lowest BCUT2D eigenvalue weighted by molar-refractivity contribution is -0.141. The fraction of sp³-hybridized carbons (Fsp3) is 0.304. The van der Waals surface area contributed by atoms with E-state index < -0.39 is 35.1 Å². The molecule has 0 saturated carbocycles. The summed E-state index contributed by atoms with van der Waals surface area (Å²) in [5.74, 6) is -2.71. The van der Waals surface area contributed by atoms with E-state index in [-0.39, 0.29) is 46.9 Å². The number of aromatic hydroxyl groups is 1. The van der Waals surface area contributed by atoms with Crippen LogP contribution in [0.1, 0.15) is 39.5 Å². The van der Waals surface area contributed by atoms with Crippen molar-refractivity contribution in [2.75, 3.05) is 24.4 Å². The second kappa shape index (κ2) is 8.75. The number of benzene rings is 2. The summed E-state index contributed by atoms with van der Waals surface area (Å²) in [5, 5.41) is 19.8. The van der Waals surface area contributed by atoms with E-state index in [1.54, 1.807) is 19.2 Å². The standard InChI is InChI=1S/C23H20ClF3N2O5/c1-34-13-5-2-11(3-6-13)4-7-16(31)29-10-12(9-24)17-14(29)8-15(30)20-18(17)19(22(32)33)21(28-20)23(25,26)27/h2-3,5-6,8,12,28,30H,4,7,9-10H2,1H3,(H,32,33)/t12-/m1/s1. The number of rotatable bonds is 6. The first-order valence-electron chi connectivity index (χ1n) is 10.3. The van der Waals surface area contributed by atoms with Gasteiger partial charge in [0.05, 0.1) is 23.9 Å². The van der Waals surface area contributed by atoms with Crippen molar-refractivity contribution in [1.82, 2.24) is 4.98 Å². The highest BCUT2D eigenvalue weighted by atomic mass is 35.5. The maximum Gasteiger partial charge on any atom is 0.432 e. The zero-order valence-electron chi connectivity index (χ0n) is 17.9. The molecule has 0 unspecified atom stereocenters. The number of hydrogen-bond donors (Lipinski definition) is 3. The monoisotopic (exact) mass is 496 g/mol. The Labute approximate surface area is 196 Å². The first kappa shape index (κ1) is 23.7. The smallest absolute Gasteiger partial charge is 0.432 e. The number of fused-ring (bicyclic) bond motifs is 3. The molecule has 180 valence electrons. The third-order valence-electron chi connectivity index (χ3n) is 5.95. The molecular formula is C23H20ClF3N2O5.